The smallest absolute Gasteiger partial charge is 0.258 e. The monoisotopic (exact) mass is 341 g/mol. The fourth-order valence-corrected chi connectivity index (χ4v) is 2.52. The van der Waals surface area contributed by atoms with Gasteiger partial charge in [-0.3, -0.25) is 10.1 Å². The maximum Gasteiger partial charge on any atom is 0.270 e. The van der Waals surface area contributed by atoms with E-state index in [1.54, 1.807) is 12.1 Å². The summed E-state index contributed by atoms with van der Waals surface area (Å²) in [6.45, 7) is 2.08. The first kappa shape index (κ1) is 17.4. The molecule has 3 heteroatoms. The van der Waals surface area contributed by atoms with Crippen molar-refractivity contribution in [2.75, 3.05) is 0 Å². The highest BCUT2D eigenvalue weighted by atomic mass is 16.6. The van der Waals surface area contributed by atoms with Crippen LogP contribution in [0.4, 0.5) is 5.69 Å². The van der Waals surface area contributed by atoms with Crippen LogP contribution in [0.2, 0.25) is 0 Å². The summed E-state index contributed by atoms with van der Waals surface area (Å²) in [6.07, 6.45) is 8.00. The number of nitrogens with zero attached hydrogens (tertiary/aromatic N) is 1. The lowest BCUT2D eigenvalue weighted by Crippen LogP contribution is -1.87. The molecule has 3 aromatic carbocycles. The second kappa shape index (κ2) is 8.08. The molecule has 0 spiro atoms. The van der Waals surface area contributed by atoms with E-state index in [0.717, 1.165) is 16.7 Å². The van der Waals surface area contributed by atoms with Gasteiger partial charge in [0.25, 0.3) is 5.69 Å². The minimum Gasteiger partial charge on any atom is -0.258 e. The van der Waals surface area contributed by atoms with E-state index < -0.39 is 0 Å². The average molecular weight is 341 g/mol. The van der Waals surface area contributed by atoms with E-state index >= 15 is 0 Å². The molecule has 0 aliphatic rings. The van der Waals surface area contributed by atoms with Gasteiger partial charge in [-0.15, -0.1) is 0 Å². The number of aryl methyl sites for hydroxylation is 1. The van der Waals surface area contributed by atoms with Crippen molar-refractivity contribution in [2.24, 2.45) is 0 Å². The van der Waals surface area contributed by atoms with E-state index in [-0.39, 0.29) is 10.6 Å². The molecule has 0 bridgehead atoms. The third kappa shape index (κ3) is 4.77. The zero-order valence-corrected chi connectivity index (χ0v) is 14.5. The highest BCUT2D eigenvalue weighted by Crippen LogP contribution is 2.16. The van der Waals surface area contributed by atoms with Crippen LogP contribution in [0.15, 0.2) is 72.8 Å². The van der Waals surface area contributed by atoms with Crippen LogP contribution < -0.4 is 0 Å². The lowest BCUT2D eigenvalue weighted by molar-refractivity contribution is -0.384. The van der Waals surface area contributed by atoms with Crippen molar-refractivity contribution in [3.8, 4) is 0 Å². The zero-order valence-electron chi connectivity index (χ0n) is 14.5. The van der Waals surface area contributed by atoms with E-state index in [0.29, 0.717) is 0 Å². The predicted octanol–water partition coefficient (Wildman–Crippen LogP) is 6.24. The lowest BCUT2D eigenvalue weighted by Gasteiger charge is -1.98. The third-order valence-corrected chi connectivity index (χ3v) is 4.03. The molecular formula is C23H19NO2. The summed E-state index contributed by atoms with van der Waals surface area (Å²) in [5.41, 5.74) is 5.50. The number of benzene rings is 3. The number of hydrogen-bond donors (Lipinski definition) is 0. The molecule has 0 fully saturated rings. The van der Waals surface area contributed by atoms with Gasteiger partial charge in [-0.2, -0.15) is 0 Å². The second-order valence-electron chi connectivity index (χ2n) is 6.10. The fraction of sp³-hybridized carbons (Fsp3) is 0.0435. The number of hydrogen-bond acceptors (Lipinski definition) is 2. The SMILES string of the molecule is Cc1ccc(C=Cc2ccc(C=Cc3cccc([N+](=O)[O-])c3)cc2)cc1. The largest absolute Gasteiger partial charge is 0.270 e. The molecule has 0 aromatic heterocycles. The van der Waals surface area contributed by atoms with Crippen LogP contribution in [-0.2, 0) is 0 Å². The summed E-state index contributed by atoms with van der Waals surface area (Å²) < 4.78 is 0. The Morgan fingerprint density at radius 2 is 1.15 bits per heavy atom. The zero-order chi connectivity index (χ0) is 18.4. The molecule has 0 atom stereocenters. The van der Waals surface area contributed by atoms with Crippen molar-refractivity contribution < 1.29 is 4.92 Å². The normalized spacial score (nSPS) is 11.3. The Hall–Kier alpha value is -3.46. The number of nitro groups is 1. The van der Waals surface area contributed by atoms with Crippen molar-refractivity contribution in [3.05, 3.63) is 111 Å². The molecule has 128 valence electrons. The number of non-ortho nitro benzene ring substituents is 1. The molecule has 0 N–H and O–H groups in total. The van der Waals surface area contributed by atoms with E-state index in [9.17, 15) is 10.1 Å². The highest BCUT2D eigenvalue weighted by Gasteiger charge is 2.03. The van der Waals surface area contributed by atoms with Crippen LogP contribution in [0, 0.1) is 17.0 Å². The Morgan fingerprint density at radius 3 is 1.65 bits per heavy atom. The van der Waals surface area contributed by atoms with E-state index in [2.05, 4.69) is 55.5 Å². The molecule has 0 saturated heterocycles. The topological polar surface area (TPSA) is 43.1 Å². The standard InChI is InChI=1S/C23H19NO2/c1-18-5-7-19(8-6-18)9-10-20-11-13-21(14-12-20)15-16-22-3-2-4-23(17-22)24(25)26/h2-17H,1H3. The van der Waals surface area contributed by atoms with Gasteiger partial charge in [0, 0.05) is 12.1 Å². The van der Waals surface area contributed by atoms with E-state index in [1.165, 1.54) is 17.2 Å². The molecule has 0 aliphatic heterocycles. The molecule has 0 unspecified atom stereocenters. The van der Waals surface area contributed by atoms with Crippen LogP contribution in [0.25, 0.3) is 24.3 Å². The maximum absolute atomic E-state index is 10.8. The molecule has 0 saturated carbocycles. The van der Waals surface area contributed by atoms with Gasteiger partial charge in [0.15, 0.2) is 0 Å². The summed E-state index contributed by atoms with van der Waals surface area (Å²) in [7, 11) is 0. The summed E-state index contributed by atoms with van der Waals surface area (Å²) in [6, 6.07) is 23.2. The van der Waals surface area contributed by atoms with Gasteiger partial charge in [-0.05, 0) is 29.2 Å². The van der Waals surface area contributed by atoms with Crippen molar-refractivity contribution in [1.82, 2.24) is 0 Å². The first-order valence-corrected chi connectivity index (χ1v) is 8.37. The Labute approximate surface area is 153 Å². The van der Waals surface area contributed by atoms with Gasteiger partial charge >= 0.3 is 0 Å². The first-order valence-electron chi connectivity index (χ1n) is 8.37. The molecule has 3 nitrogen and oxygen atoms in total. The summed E-state index contributed by atoms with van der Waals surface area (Å²) >= 11 is 0. The van der Waals surface area contributed by atoms with Crippen molar-refractivity contribution in [2.45, 2.75) is 6.92 Å². The Kier molecular flexibility index (Phi) is 5.40. The molecule has 3 aromatic rings. The van der Waals surface area contributed by atoms with Gasteiger partial charge < -0.3 is 0 Å². The van der Waals surface area contributed by atoms with E-state index in [1.807, 2.05) is 30.4 Å². The van der Waals surface area contributed by atoms with Crippen molar-refractivity contribution >= 4 is 30.0 Å². The molecular weight excluding hydrogens is 322 g/mol. The summed E-state index contributed by atoms with van der Waals surface area (Å²) in [4.78, 5) is 10.4. The lowest BCUT2D eigenvalue weighted by atomic mass is 10.1. The molecule has 26 heavy (non-hydrogen) atoms. The average Bonchev–Trinajstić information content (AvgIpc) is 2.67. The van der Waals surface area contributed by atoms with Crippen molar-refractivity contribution in [3.63, 3.8) is 0 Å². The minimum absolute atomic E-state index is 0.101. The summed E-state index contributed by atoms with van der Waals surface area (Å²) in [5.74, 6) is 0. The highest BCUT2D eigenvalue weighted by molar-refractivity contribution is 5.73. The van der Waals surface area contributed by atoms with Gasteiger partial charge in [-0.25, -0.2) is 0 Å². The molecule has 0 amide bonds. The summed E-state index contributed by atoms with van der Waals surface area (Å²) in [5, 5.41) is 10.8. The fourth-order valence-electron chi connectivity index (χ4n) is 2.52. The van der Waals surface area contributed by atoms with Crippen LogP contribution in [0.5, 0.6) is 0 Å². The van der Waals surface area contributed by atoms with Gasteiger partial charge in [0.1, 0.15) is 0 Å². The van der Waals surface area contributed by atoms with Crippen LogP contribution in [0.1, 0.15) is 27.8 Å². The molecule has 3 rings (SSSR count). The Balaban J connectivity index is 1.68. The molecule has 0 aliphatic carbocycles. The molecule has 0 heterocycles. The predicted molar refractivity (Wildman–Crippen MR) is 109 cm³/mol. The second-order valence-corrected chi connectivity index (χ2v) is 6.10. The van der Waals surface area contributed by atoms with E-state index in [4.69, 9.17) is 0 Å². The van der Waals surface area contributed by atoms with Crippen LogP contribution >= 0.6 is 0 Å². The quantitative estimate of drug-likeness (QED) is 0.313. The Bertz CT molecular complexity index is 952. The van der Waals surface area contributed by atoms with Gasteiger partial charge in [0.2, 0.25) is 0 Å². The van der Waals surface area contributed by atoms with Crippen LogP contribution in [0.3, 0.4) is 0 Å². The number of rotatable bonds is 5. The Morgan fingerprint density at radius 1 is 0.692 bits per heavy atom. The van der Waals surface area contributed by atoms with Crippen molar-refractivity contribution in [1.29, 1.82) is 0 Å². The number of nitro benzene ring substituents is 1. The van der Waals surface area contributed by atoms with Crippen LogP contribution in [-0.4, -0.2) is 4.92 Å². The minimum atomic E-state index is -0.382. The maximum atomic E-state index is 10.8. The first-order chi connectivity index (χ1) is 12.6. The van der Waals surface area contributed by atoms with Gasteiger partial charge in [0.05, 0.1) is 4.92 Å². The molecule has 0 radical (unpaired) electrons. The third-order valence-electron chi connectivity index (χ3n) is 4.03. The van der Waals surface area contributed by atoms with Gasteiger partial charge in [-0.1, -0.05) is 90.5 Å².